The second-order valence-electron chi connectivity index (χ2n) is 6.64. The van der Waals surface area contributed by atoms with Crippen molar-refractivity contribution in [3.63, 3.8) is 0 Å². The molecule has 26 heavy (non-hydrogen) atoms. The number of nitrogens with two attached hydrogens (primary N) is 1. The average Bonchev–Trinajstić information content (AvgIpc) is 3.17. The van der Waals surface area contributed by atoms with Gasteiger partial charge in [-0.25, -0.2) is 0 Å². The Morgan fingerprint density at radius 1 is 1.42 bits per heavy atom. The Labute approximate surface area is 147 Å². The number of likely N-dealkylation sites (tertiary alicyclic amines) is 1. The maximum Gasteiger partial charge on any atom is 0.285 e. The van der Waals surface area contributed by atoms with Crippen molar-refractivity contribution in [3.05, 3.63) is 27.8 Å². The van der Waals surface area contributed by atoms with Gasteiger partial charge in [0.25, 0.3) is 11.6 Å². The molecule has 138 valence electrons. The van der Waals surface area contributed by atoms with Gasteiger partial charge < -0.3 is 24.6 Å². The summed E-state index contributed by atoms with van der Waals surface area (Å²) in [6.45, 7) is 3.38. The van der Waals surface area contributed by atoms with Crippen LogP contribution in [0.3, 0.4) is 0 Å². The smallest absolute Gasteiger partial charge is 0.285 e. The standard InChI is InChI=1S/C16H18N4O6/c1-9-8-24-16(25-9)2-4-19(5-3-16)15(21)10-6-11-13(14(17)26-18-11)12(7-10)20(22)23/h6-7,9H,2-5,8,17H2,1H3/t9-/m0/s1. The third kappa shape index (κ3) is 2.67. The number of carbonyl (C=O) groups is 1. The Morgan fingerprint density at radius 2 is 2.15 bits per heavy atom. The van der Waals surface area contributed by atoms with E-state index in [0.717, 1.165) is 0 Å². The summed E-state index contributed by atoms with van der Waals surface area (Å²) in [5.41, 5.74) is 5.67. The Morgan fingerprint density at radius 3 is 2.77 bits per heavy atom. The van der Waals surface area contributed by atoms with Gasteiger partial charge in [0.05, 0.1) is 17.6 Å². The first-order chi connectivity index (χ1) is 12.4. The normalized spacial score (nSPS) is 22.2. The van der Waals surface area contributed by atoms with E-state index in [0.29, 0.717) is 32.5 Å². The molecule has 2 fully saturated rings. The molecule has 2 N–H and O–H groups in total. The molecule has 1 atom stereocenters. The molecule has 10 nitrogen and oxygen atoms in total. The number of piperidine rings is 1. The highest BCUT2D eigenvalue weighted by Gasteiger charge is 2.43. The number of aromatic nitrogens is 1. The number of hydrogen-bond acceptors (Lipinski definition) is 8. The largest absolute Gasteiger partial charge is 0.367 e. The molecule has 4 rings (SSSR count). The van der Waals surface area contributed by atoms with E-state index in [1.165, 1.54) is 12.1 Å². The van der Waals surface area contributed by atoms with Crippen LogP contribution in [0.25, 0.3) is 10.9 Å². The van der Waals surface area contributed by atoms with E-state index in [4.69, 9.17) is 19.7 Å². The van der Waals surface area contributed by atoms with Crippen molar-refractivity contribution in [1.29, 1.82) is 0 Å². The van der Waals surface area contributed by atoms with Gasteiger partial charge in [-0.1, -0.05) is 5.16 Å². The monoisotopic (exact) mass is 362 g/mol. The molecule has 0 aliphatic carbocycles. The minimum Gasteiger partial charge on any atom is -0.367 e. The molecule has 3 heterocycles. The topological polar surface area (TPSA) is 134 Å². The highest BCUT2D eigenvalue weighted by atomic mass is 16.7. The van der Waals surface area contributed by atoms with Crippen LogP contribution in [0, 0.1) is 10.1 Å². The highest BCUT2D eigenvalue weighted by molar-refractivity contribution is 6.03. The van der Waals surface area contributed by atoms with E-state index >= 15 is 0 Å². The molecule has 0 saturated carbocycles. The van der Waals surface area contributed by atoms with Gasteiger partial charge in [-0.05, 0) is 13.0 Å². The number of fused-ring (bicyclic) bond motifs is 1. The second kappa shape index (κ2) is 5.92. The highest BCUT2D eigenvalue weighted by Crippen LogP contribution is 2.35. The van der Waals surface area contributed by atoms with Gasteiger partial charge in [-0.15, -0.1) is 0 Å². The fourth-order valence-electron chi connectivity index (χ4n) is 3.55. The van der Waals surface area contributed by atoms with Gasteiger partial charge in [0, 0.05) is 37.6 Å². The predicted octanol–water partition coefficient (Wildman–Crippen LogP) is 1.69. The molecule has 0 radical (unpaired) electrons. The number of nitrogen functional groups attached to an aromatic ring is 1. The van der Waals surface area contributed by atoms with E-state index in [9.17, 15) is 14.9 Å². The predicted molar refractivity (Wildman–Crippen MR) is 89.4 cm³/mol. The molecule has 2 aliphatic rings. The molecule has 0 bridgehead atoms. The van der Waals surface area contributed by atoms with Crippen LogP contribution in [0.1, 0.15) is 30.1 Å². The Bertz CT molecular complexity index is 886. The van der Waals surface area contributed by atoms with Crippen LogP contribution >= 0.6 is 0 Å². The summed E-state index contributed by atoms with van der Waals surface area (Å²) in [7, 11) is 0. The van der Waals surface area contributed by atoms with Gasteiger partial charge >= 0.3 is 0 Å². The minimum absolute atomic E-state index is 0.0416. The lowest BCUT2D eigenvalue weighted by molar-refractivity contribution is -0.383. The molecular weight excluding hydrogens is 344 g/mol. The molecular formula is C16H18N4O6. The fraction of sp³-hybridized carbons (Fsp3) is 0.500. The fourth-order valence-corrected chi connectivity index (χ4v) is 3.55. The number of anilines is 1. The Kier molecular flexibility index (Phi) is 3.81. The minimum atomic E-state index is -0.618. The zero-order valence-electron chi connectivity index (χ0n) is 14.1. The van der Waals surface area contributed by atoms with Crippen LogP contribution in [0.5, 0.6) is 0 Å². The van der Waals surface area contributed by atoms with Crippen molar-refractivity contribution in [1.82, 2.24) is 10.1 Å². The van der Waals surface area contributed by atoms with Crippen molar-refractivity contribution >= 4 is 28.4 Å². The summed E-state index contributed by atoms with van der Waals surface area (Å²) in [5, 5.41) is 15.1. The van der Waals surface area contributed by atoms with E-state index in [1.54, 1.807) is 4.90 Å². The number of rotatable bonds is 2. The van der Waals surface area contributed by atoms with Crippen LogP contribution in [-0.2, 0) is 9.47 Å². The van der Waals surface area contributed by atoms with Crippen LogP contribution in [-0.4, -0.2) is 52.5 Å². The molecule has 1 spiro atoms. The van der Waals surface area contributed by atoms with E-state index in [-0.39, 0.29) is 40.0 Å². The third-order valence-corrected chi connectivity index (χ3v) is 4.84. The summed E-state index contributed by atoms with van der Waals surface area (Å²) < 4.78 is 16.4. The van der Waals surface area contributed by atoms with Gasteiger partial charge in [-0.2, -0.15) is 0 Å². The molecule has 1 aromatic heterocycles. The average molecular weight is 362 g/mol. The molecule has 2 aromatic rings. The van der Waals surface area contributed by atoms with Crippen molar-refractivity contribution in [2.75, 3.05) is 25.4 Å². The summed E-state index contributed by atoms with van der Waals surface area (Å²) in [4.78, 5) is 25.2. The second-order valence-corrected chi connectivity index (χ2v) is 6.64. The summed E-state index contributed by atoms with van der Waals surface area (Å²) >= 11 is 0. The zero-order chi connectivity index (χ0) is 18.5. The number of ether oxygens (including phenoxy) is 2. The van der Waals surface area contributed by atoms with Crippen molar-refractivity contribution in [2.45, 2.75) is 31.7 Å². The molecule has 1 aromatic carbocycles. The Hall–Kier alpha value is -2.72. The summed E-state index contributed by atoms with van der Waals surface area (Å²) in [6.07, 6.45) is 1.16. The van der Waals surface area contributed by atoms with Gasteiger partial charge in [0.15, 0.2) is 5.79 Å². The number of carbonyl (C=O) groups excluding carboxylic acids is 1. The van der Waals surface area contributed by atoms with Crippen molar-refractivity contribution in [2.24, 2.45) is 0 Å². The molecule has 2 saturated heterocycles. The lowest BCUT2D eigenvalue weighted by Crippen LogP contribution is -2.47. The lowest BCUT2D eigenvalue weighted by Gasteiger charge is -2.37. The molecule has 1 amide bonds. The summed E-state index contributed by atoms with van der Waals surface area (Å²) in [5.74, 6) is -1.07. The van der Waals surface area contributed by atoms with Crippen molar-refractivity contribution < 1.29 is 23.7 Å². The number of hydrogen-bond donors (Lipinski definition) is 1. The van der Waals surface area contributed by atoms with E-state index < -0.39 is 10.7 Å². The molecule has 2 aliphatic heterocycles. The van der Waals surface area contributed by atoms with E-state index in [1.807, 2.05) is 6.92 Å². The van der Waals surface area contributed by atoms with Crippen LogP contribution in [0.15, 0.2) is 16.7 Å². The van der Waals surface area contributed by atoms with Crippen LogP contribution in [0.4, 0.5) is 11.6 Å². The maximum absolute atomic E-state index is 12.8. The first-order valence-electron chi connectivity index (χ1n) is 8.33. The SMILES string of the molecule is C[C@H]1COC2(CCN(C(=O)c3cc([N+](=O)[O-])c4c(N)onc4c3)CC2)O1. The summed E-state index contributed by atoms with van der Waals surface area (Å²) in [6, 6.07) is 2.67. The van der Waals surface area contributed by atoms with Crippen LogP contribution < -0.4 is 5.73 Å². The number of amides is 1. The number of non-ortho nitro benzene ring substituents is 1. The van der Waals surface area contributed by atoms with Gasteiger partial charge in [-0.3, -0.25) is 14.9 Å². The van der Waals surface area contributed by atoms with Crippen LogP contribution in [0.2, 0.25) is 0 Å². The maximum atomic E-state index is 12.8. The van der Waals surface area contributed by atoms with Gasteiger partial charge in [0.2, 0.25) is 5.88 Å². The first kappa shape index (κ1) is 16.7. The first-order valence-corrected chi connectivity index (χ1v) is 8.33. The number of nitro benzene ring substituents is 1. The van der Waals surface area contributed by atoms with Gasteiger partial charge in [0.1, 0.15) is 10.9 Å². The lowest BCUT2D eigenvalue weighted by atomic mass is 10.0. The molecule has 0 unspecified atom stereocenters. The number of nitro groups is 1. The third-order valence-electron chi connectivity index (χ3n) is 4.84. The zero-order valence-corrected chi connectivity index (χ0v) is 14.1. The van der Waals surface area contributed by atoms with Crippen molar-refractivity contribution in [3.8, 4) is 0 Å². The Balaban J connectivity index is 1.58. The number of benzene rings is 1. The number of nitrogens with zero attached hydrogens (tertiary/aromatic N) is 3. The molecule has 10 heteroatoms. The quantitative estimate of drug-likeness (QED) is 0.630. The van der Waals surface area contributed by atoms with E-state index in [2.05, 4.69) is 5.16 Å².